The number of hydrogen-bond acceptors (Lipinski definition) is 5. The van der Waals surface area contributed by atoms with Crippen molar-refractivity contribution in [3.05, 3.63) is 120 Å². The molecule has 224 valence electrons. The molecule has 0 bridgehead atoms. The number of imidazole rings is 1. The molecule has 2 unspecified atom stereocenters. The van der Waals surface area contributed by atoms with E-state index >= 15 is 0 Å². The molecule has 7 nitrogen and oxygen atoms in total. The lowest BCUT2D eigenvalue weighted by molar-refractivity contribution is -0.137. The van der Waals surface area contributed by atoms with Crippen LogP contribution in [0.3, 0.4) is 0 Å². The van der Waals surface area contributed by atoms with Gasteiger partial charge in [0.1, 0.15) is 30.5 Å². The number of fused-ring (bicyclic) bond motifs is 2. The smallest absolute Gasteiger partial charge is 0.303 e. The minimum atomic E-state index is -0.817. The van der Waals surface area contributed by atoms with E-state index in [0.717, 1.165) is 57.3 Å². The van der Waals surface area contributed by atoms with Crippen LogP contribution in [0.15, 0.2) is 102 Å². The monoisotopic (exact) mass is 587 g/mol. The highest BCUT2D eigenvalue weighted by molar-refractivity contribution is 5.92. The van der Waals surface area contributed by atoms with E-state index < -0.39 is 11.4 Å². The number of carboxylic acids is 1. The van der Waals surface area contributed by atoms with Gasteiger partial charge < -0.3 is 19.1 Å². The number of rotatable bonds is 11. The third-order valence-electron chi connectivity index (χ3n) is 8.81. The number of nitrogens with zero attached hydrogens (tertiary/aromatic N) is 3. The first-order chi connectivity index (χ1) is 21.3. The first kappa shape index (κ1) is 29.2. The van der Waals surface area contributed by atoms with E-state index in [9.17, 15) is 9.90 Å². The van der Waals surface area contributed by atoms with Crippen LogP contribution in [0.5, 0.6) is 11.5 Å². The van der Waals surface area contributed by atoms with Crippen molar-refractivity contribution in [3.63, 3.8) is 0 Å². The van der Waals surface area contributed by atoms with Gasteiger partial charge in [-0.15, -0.1) is 0 Å². The Kier molecular flexibility index (Phi) is 8.20. The van der Waals surface area contributed by atoms with Crippen molar-refractivity contribution in [2.24, 2.45) is 18.0 Å². The standard InChI is InChI=1S/C37H37N3O4/c1-25-22-26-8-4-5-9-31(26)38-33(25)23-43-29-16-12-27(13-17-29)37(2,21-20-36(41)42)28-14-18-30(19-15-28)44-24-35-39-32-10-6-7-11-34(32)40(35)3/h4-19,25H,20-24H2,1-3H3,(H,41,42). The molecule has 0 saturated heterocycles. The molecule has 2 atom stereocenters. The van der Waals surface area contributed by atoms with Gasteiger partial charge in [-0.2, -0.15) is 0 Å². The molecule has 7 heteroatoms. The van der Waals surface area contributed by atoms with E-state index in [4.69, 9.17) is 14.5 Å². The molecule has 5 aromatic rings. The summed E-state index contributed by atoms with van der Waals surface area (Å²) >= 11 is 0. The van der Waals surface area contributed by atoms with E-state index in [2.05, 4.69) is 37.0 Å². The molecule has 0 spiro atoms. The predicted molar refractivity (Wildman–Crippen MR) is 173 cm³/mol. The Labute approximate surface area is 257 Å². The highest BCUT2D eigenvalue weighted by atomic mass is 16.5. The second kappa shape index (κ2) is 12.4. The summed E-state index contributed by atoms with van der Waals surface area (Å²) in [5.74, 6) is 1.83. The summed E-state index contributed by atoms with van der Waals surface area (Å²) in [6.07, 6.45) is 1.47. The summed E-state index contributed by atoms with van der Waals surface area (Å²) in [5, 5.41) is 9.53. The quantitative estimate of drug-likeness (QED) is 0.171. The fraction of sp³-hybridized carbons (Fsp3) is 0.270. The van der Waals surface area contributed by atoms with Crippen LogP contribution in [0, 0.1) is 5.92 Å². The Balaban J connectivity index is 1.16. The maximum atomic E-state index is 11.6. The maximum Gasteiger partial charge on any atom is 0.303 e. The van der Waals surface area contributed by atoms with Crippen LogP contribution in [-0.4, -0.2) is 32.9 Å². The molecule has 1 aliphatic rings. The number of carboxylic acid groups (broad SMARTS) is 1. The van der Waals surface area contributed by atoms with Gasteiger partial charge >= 0.3 is 5.97 Å². The molecular formula is C37H37N3O4. The van der Waals surface area contributed by atoms with Crippen LogP contribution in [0.1, 0.15) is 49.2 Å². The zero-order valence-corrected chi connectivity index (χ0v) is 25.4. The fourth-order valence-electron chi connectivity index (χ4n) is 5.96. The van der Waals surface area contributed by atoms with Crippen molar-refractivity contribution in [3.8, 4) is 11.5 Å². The zero-order valence-electron chi connectivity index (χ0n) is 25.4. The van der Waals surface area contributed by atoms with Gasteiger partial charge in [-0.25, -0.2) is 4.98 Å². The molecule has 2 heterocycles. The highest BCUT2D eigenvalue weighted by Gasteiger charge is 2.30. The van der Waals surface area contributed by atoms with Crippen molar-refractivity contribution in [2.75, 3.05) is 6.61 Å². The van der Waals surface area contributed by atoms with Gasteiger partial charge in [0.2, 0.25) is 0 Å². The molecule has 1 aromatic heterocycles. The second-order valence-electron chi connectivity index (χ2n) is 11.8. The largest absolute Gasteiger partial charge is 0.488 e. The van der Waals surface area contributed by atoms with Gasteiger partial charge in [-0.1, -0.05) is 68.4 Å². The fourth-order valence-corrected chi connectivity index (χ4v) is 5.96. The lowest BCUT2D eigenvalue weighted by atomic mass is 9.73. The average molecular weight is 588 g/mol. The number of aliphatic carboxylic acids is 1. The first-order valence-electron chi connectivity index (χ1n) is 15.0. The molecule has 44 heavy (non-hydrogen) atoms. The number of para-hydroxylation sites is 3. The van der Waals surface area contributed by atoms with Gasteiger partial charge in [0.05, 0.1) is 22.4 Å². The van der Waals surface area contributed by atoms with Crippen LogP contribution >= 0.6 is 0 Å². The molecule has 1 aliphatic heterocycles. The molecule has 6 rings (SSSR count). The van der Waals surface area contributed by atoms with Crippen LogP contribution in [0.2, 0.25) is 0 Å². The summed E-state index contributed by atoms with van der Waals surface area (Å²) in [4.78, 5) is 21.1. The summed E-state index contributed by atoms with van der Waals surface area (Å²) in [6, 6.07) is 32.2. The molecule has 0 saturated carbocycles. The Hall–Kier alpha value is -4.91. The first-order valence-corrected chi connectivity index (χ1v) is 15.0. The normalized spacial score (nSPS) is 15.7. The Morgan fingerprint density at radius 1 is 0.886 bits per heavy atom. The number of benzene rings is 4. The van der Waals surface area contributed by atoms with Gasteiger partial charge in [-0.05, 0) is 72.0 Å². The zero-order chi connectivity index (χ0) is 30.7. The lowest BCUT2D eigenvalue weighted by Gasteiger charge is -2.31. The van der Waals surface area contributed by atoms with Crippen molar-refractivity contribution < 1.29 is 19.4 Å². The number of aliphatic imine (C=N–C) groups is 1. The van der Waals surface area contributed by atoms with Gasteiger partial charge in [0.15, 0.2) is 0 Å². The van der Waals surface area contributed by atoms with Crippen molar-refractivity contribution in [1.82, 2.24) is 9.55 Å². The predicted octanol–water partition coefficient (Wildman–Crippen LogP) is 7.67. The number of aromatic nitrogens is 2. The van der Waals surface area contributed by atoms with E-state index in [0.29, 0.717) is 25.6 Å². The van der Waals surface area contributed by atoms with Gasteiger partial charge in [0, 0.05) is 24.8 Å². The maximum absolute atomic E-state index is 11.6. The van der Waals surface area contributed by atoms with Crippen molar-refractivity contribution >= 4 is 28.4 Å². The summed E-state index contributed by atoms with van der Waals surface area (Å²) < 4.78 is 14.3. The van der Waals surface area contributed by atoms with E-state index in [-0.39, 0.29) is 6.42 Å². The Morgan fingerprint density at radius 3 is 2.16 bits per heavy atom. The molecule has 1 N–H and O–H groups in total. The lowest BCUT2D eigenvalue weighted by Crippen LogP contribution is -2.25. The number of carbonyl (C=O) groups is 1. The average Bonchev–Trinajstić information content (AvgIpc) is 3.37. The summed E-state index contributed by atoms with van der Waals surface area (Å²) in [7, 11) is 1.99. The van der Waals surface area contributed by atoms with E-state index in [1.807, 2.05) is 90.5 Å². The van der Waals surface area contributed by atoms with E-state index in [1.165, 1.54) is 5.56 Å². The van der Waals surface area contributed by atoms with Crippen LogP contribution in [-0.2, 0) is 30.3 Å². The molecule has 0 radical (unpaired) electrons. The molecule has 0 fully saturated rings. The third-order valence-corrected chi connectivity index (χ3v) is 8.81. The van der Waals surface area contributed by atoms with Crippen LogP contribution in [0.25, 0.3) is 11.0 Å². The molecular weight excluding hydrogens is 550 g/mol. The highest BCUT2D eigenvalue weighted by Crippen LogP contribution is 2.38. The van der Waals surface area contributed by atoms with E-state index in [1.54, 1.807) is 0 Å². The number of ether oxygens (including phenoxy) is 2. The van der Waals surface area contributed by atoms with Gasteiger partial charge in [-0.3, -0.25) is 9.79 Å². The minimum Gasteiger partial charge on any atom is -0.488 e. The SMILES string of the molecule is CC1Cc2ccccc2N=C1COc1ccc(C(C)(CCC(=O)O)c2ccc(OCc3nc4ccccc4n3C)cc2)cc1. The molecule has 0 amide bonds. The molecule has 4 aromatic carbocycles. The Morgan fingerprint density at radius 2 is 1.50 bits per heavy atom. The summed E-state index contributed by atoms with van der Waals surface area (Å²) in [6.45, 7) is 5.06. The topological polar surface area (TPSA) is 85.9 Å². The Bertz CT molecular complexity index is 1810. The van der Waals surface area contributed by atoms with Crippen molar-refractivity contribution in [1.29, 1.82) is 0 Å². The number of hydrogen-bond donors (Lipinski definition) is 1. The number of aryl methyl sites for hydroxylation is 1. The minimum absolute atomic E-state index is 0.0545. The van der Waals surface area contributed by atoms with Crippen LogP contribution < -0.4 is 9.47 Å². The summed E-state index contributed by atoms with van der Waals surface area (Å²) in [5.41, 5.74) is 6.87. The van der Waals surface area contributed by atoms with Crippen LogP contribution in [0.4, 0.5) is 5.69 Å². The van der Waals surface area contributed by atoms with Gasteiger partial charge in [0.25, 0.3) is 0 Å². The molecule has 0 aliphatic carbocycles. The van der Waals surface area contributed by atoms with Crippen molar-refractivity contribution in [2.45, 2.75) is 45.1 Å². The third kappa shape index (κ3) is 6.09. The second-order valence-corrected chi connectivity index (χ2v) is 11.8.